The molecule has 0 aromatic heterocycles. The van der Waals surface area contributed by atoms with Gasteiger partial charge in [-0.2, -0.15) is 0 Å². The van der Waals surface area contributed by atoms with Crippen LogP contribution in [0.2, 0.25) is 5.02 Å². The van der Waals surface area contributed by atoms with Crippen molar-refractivity contribution in [3.05, 3.63) is 28.8 Å². The maximum absolute atomic E-state index is 9.44. The van der Waals surface area contributed by atoms with Crippen molar-refractivity contribution >= 4 is 11.6 Å². The van der Waals surface area contributed by atoms with Crippen molar-refractivity contribution in [3.63, 3.8) is 0 Å². The summed E-state index contributed by atoms with van der Waals surface area (Å²) in [4.78, 5) is 0. The number of halogens is 1. The molecule has 0 unspecified atom stereocenters. The number of nitrogens with two attached hydrogens (primary N) is 1. The van der Waals surface area contributed by atoms with Crippen LogP contribution in [0.3, 0.4) is 0 Å². The molecular formula is C9H10ClNO2. The van der Waals surface area contributed by atoms with Gasteiger partial charge in [0, 0.05) is 10.6 Å². The molecule has 1 aliphatic rings. The molecule has 0 amide bonds. The van der Waals surface area contributed by atoms with Gasteiger partial charge in [-0.3, -0.25) is 0 Å². The van der Waals surface area contributed by atoms with Gasteiger partial charge in [-0.05, 0) is 12.1 Å². The van der Waals surface area contributed by atoms with Gasteiger partial charge in [-0.15, -0.1) is 0 Å². The summed E-state index contributed by atoms with van der Waals surface area (Å²) in [6.07, 6.45) is -0.674. The zero-order valence-corrected chi connectivity index (χ0v) is 7.66. The lowest BCUT2D eigenvalue weighted by Gasteiger charge is -2.28. The Bertz CT molecular complexity index is 329. The molecule has 13 heavy (non-hydrogen) atoms. The van der Waals surface area contributed by atoms with Gasteiger partial charge in [-0.25, -0.2) is 0 Å². The van der Waals surface area contributed by atoms with E-state index in [4.69, 9.17) is 22.1 Å². The van der Waals surface area contributed by atoms with E-state index in [1.807, 2.05) is 0 Å². The summed E-state index contributed by atoms with van der Waals surface area (Å²) in [6.45, 7) is 0.231. The van der Waals surface area contributed by atoms with E-state index in [0.29, 0.717) is 16.3 Å². The highest BCUT2D eigenvalue weighted by atomic mass is 35.5. The third-order valence-corrected chi connectivity index (χ3v) is 2.50. The first-order valence-corrected chi connectivity index (χ1v) is 4.43. The van der Waals surface area contributed by atoms with E-state index in [1.54, 1.807) is 18.2 Å². The molecule has 0 saturated carbocycles. The monoisotopic (exact) mass is 199 g/mol. The topological polar surface area (TPSA) is 55.5 Å². The molecule has 1 heterocycles. The standard InChI is InChI=1S/C9H10ClNO2/c10-5-2-1-3-7-8(5)9(11)6(12)4-13-7/h1-3,6,9,12H,4,11H2/t6-,9-/m0/s1. The Morgan fingerprint density at radius 2 is 2.31 bits per heavy atom. The van der Waals surface area contributed by atoms with Crippen LogP contribution in [-0.4, -0.2) is 17.8 Å². The fraction of sp³-hybridized carbons (Fsp3) is 0.333. The van der Waals surface area contributed by atoms with Crippen LogP contribution < -0.4 is 10.5 Å². The van der Waals surface area contributed by atoms with Crippen LogP contribution in [0.4, 0.5) is 0 Å². The summed E-state index contributed by atoms with van der Waals surface area (Å²) in [5.74, 6) is 0.672. The van der Waals surface area contributed by atoms with Gasteiger partial charge in [0.05, 0.1) is 6.04 Å². The van der Waals surface area contributed by atoms with Crippen LogP contribution in [0.1, 0.15) is 11.6 Å². The number of hydrogen-bond acceptors (Lipinski definition) is 3. The SMILES string of the molecule is N[C@@H]1c2c(Cl)cccc2OC[C@@H]1O. The molecule has 1 aliphatic heterocycles. The zero-order chi connectivity index (χ0) is 9.42. The first-order valence-electron chi connectivity index (χ1n) is 4.05. The molecule has 1 aromatic rings. The lowest BCUT2D eigenvalue weighted by Crippen LogP contribution is -2.35. The lowest BCUT2D eigenvalue weighted by molar-refractivity contribution is 0.0679. The zero-order valence-electron chi connectivity index (χ0n) is 6.90. The van der Waals surface area contributed by atoms with Crippen molar-refractivity contribution in [1.82, 2.24) is 0 Å². The molecule has 1 aromatic carbocycles. The summed E-state index contributed by atoms with van der Waals surface area (Å²) in [7, 11) is 0. The van der Waals surface area contributed by atoms with E-state index < -0.39 is 12.1 Å². The smallest absolute Gasteiger partial charge is 0.125 e. The molecule has 0 saturated heterocycles. The molecule has 0 radical (unpaired) electrons. The Morgan fingerprint density at radius 1 is 1.54 bits per heavy atom. The number of ether oxygens (including phenoxy) is 1. The van der Waals surface area contributed by atoms with Gasteiger partial charge in [-0.1, -0.05) is 17.7 Å². The van der Waals surface area contributed by atoms with Gasteiger partial charge in [0.2, 0.25) is 0 Å². The highest BCUT2D eigenvalue weighted by Gasteiger charge is 2.28. The van der Waals surface area contributed by atoms with Crippen LogP contribution in [0, 0.1) is 0 Å². The molecule has 4 heteroatoms. The summed E-state index contributed by atoms with van der Waals surface area (Å²) in [6, 6.07) is 4.89. The highest BCUT2D eigenvalue weighted by molar-refractivity contribution is 6.31. The number of hydrogen-bond donors (Lipinski definition) is 2. The molecule has 3 nitrogen and oxygen atoms in total. The fourth-order valence-electron chi connectivity index (χ4n) is 1.44. The van der Waals surface area contributed by atoms with Crippen LogP contribution in [0.15, 0.2) is 18.2 Å². The number of benzene rings is 1. The van der Waals surface area contributed by atoms with Crippen molar-refractivity contribution < 1.29 is 9.84 Å². The van der Waals surface area contributed by atoms with Gasteiger partial charge >= 0.3 is 0 Å². The number of rotatable bonds is 0. The second-order valence-electron chi connectivity index (χ2n) is 3.06. The summed E-state index contributed by atoms with van der Waals surface area (Å²) in [5.41, 5.74) is 6.47. The molecule has 2 atom stereocenters. The molecule has 2 rings (SSSR count). The highest BCUT2D eigenvalue weighted by Crippen LogP contribution is 2.35. The van der Waals surface area contributed by atoms with Crippen molar-refractivity contribution in [2.24, 2.45) is 5.73 Å². The summed E-state index contributed by atoms with van der Waals surface area (Å²) < 4.78 is 5.27. The Labute approximate surface area is 81.1 Å². The van der Waals surface area contributed by atoms with Crippen molar-refractivity contribution in [1.29, 1.82) is 0 Å². The summed E-state index contributed by atoms with van der Waals surface area (Å²) in [5, 5.41) is 9.99. The molecule has 0 aliphatic carbocycles. The predicted octanol–water partition coefficient (Wildman–Crippen LogP) is 1.09. The maximum atomic E-state index is 9.44. The van der Waals surface area contributed by atoms with Gasteiger partial charge in [0.1, 0.15) is 18.5 Å². The molecule has 70 valence electrons. The predicted molar refractivity (Wildman–Crippen MR) is 49.9 cm³/mol. The average molecular weight is 200 g/mol. The minimum absolute atomic E-state index is 0.231. The third-order valence-electron chi connectivity index (χ3n) is 2.17. The Balaban J connectivity index is 2.51. The largest absolute Gasteiger partial charge is 0.490 e. The van der Waals surface area contributed by atoms with Crippen LogP contribution in [0.5, 0.6) is 5.75 Å². The number of fused-ring (bicyclic) bond motifs is 1. The third kappa shape index (κ3) is 1.39. The van der Waals surface area contributed by atoms with Gasteiger partial charge in [0.15, 0.2) is 0 Å². The first-order chi connectivity index (χ1) is 6.20. The Morgan fingerprint density at radius 3 is 3.08 bits per heavy atom. The maximum Gasteiger partial charge on any atom is 0.125 e. The Hall–Kier alpha value is -0.770. The summed E-state index contributed by atoms with van der Waals surface area (Å²) >= 11 is 5.93. The average Bonchev–Trinajstić information content (AvgIpc) is 2.12. The normalized spacial score (nSPS) is 26.4. The second kappa shape index (κ2) is 3.18. The van der Waals surface area contributed by atoms with E-state index in [2.05, 4.69) is 0 Å². The van der Waals surface area contributed by atoms with E-state index in [-0.39, 0.29) is 6.61 Å². The molecule has 0 bridgehead atoms. The minimum atomic E-state index is -0.674. The van der Waals surface area contributed by atoms with Crippen molar-refractivity contribution in [2.45, 2.75) is 12.1 Å². The second-order valence-corrected chi connectivity index (χ2v) is 3.46. The van der Waals surface area contributed by atoms with Crippen molar-refractivity contribution in [3.8, 4) is 5.75 Å². The molecule has 0 spiro atoms. The van der Waals surface area contributed by atoms with E-state index in [0.717, 1.165) is 0 Å². The quantitative estimate of drug-likeness (QED) is 0.658. The first kappa shape index (κ1) is 8.81. The van der Waals surface area contributed by atoms with E-state index in [1.165, 1.54) is 0 Å². The molecule has 3 N–H and O–H groups in total. The van der Waals surface area contributed by atoms with Gasteiger partial charge < -0.3 is 15.6 Å². The molecular weight excluding hydrogens is 190 g/mol. The van der Waals surface area contributed by atoms with E-state index >= 15 is 0 Å². The minimum Gasteiger partial charge on any atom is -0.490 e. The lowest BCUT2D eigenvalue weighted by atomic mass is 9.99. The van der Waals surface area contributed by atoms with Crippen LogP contribution in [-0.2, 0) is 0 Å². The van der Waals surface area contributed by atoms with E-state index in [9.17, 15) is 5.11 Å². The van der Waals surface area contributed by atoms with Gasteiger partial charge in [0.25, 0.3) is 0 Å². The van der Waals surface area contributed by atoms with Crippen LogP contribution >= 0.6 is 11.6 Å². The number of aliphatic hydroxyl groups is 1. The number of aliphatic hydroxyl groups excluding tert-OH is 1. The Kier molecular flexibility index (Phi) is 2.15. The molecule has 0 fully saturated rings. The van der Waals surface area contributed by atoms with Crippen LogP contribution in [0.25, 0.3) is 0 Å². The van der Waals surface area contributed by atoms with Crippen molar-refractivity contribution in [2.75, 3.05) is 6.61 Å². The fourth-order valence-corrected chi connectivity index (χ4v) is 1.73.